The Balaban J connectivity index is 1.99. The Morgan fingerprint density at radius 3 is 2.55 bits per heavy atom. The monoisotopic (exact) mass is 325 g/mol. The number of hydrogen-bond acceptors (Lipinski definition) is 6. The lowest BCUT2D eigenvalue weighted by molar-refractivity contribution is 0.137. The van der Waals surface area contributed by atoms with Crippen LogP contribution in [0.4, 0.5) is 8.78 Å². The van der Waals surface area contributed by atoms with Gasteiger partial charge in [0.15, 0.2) is 10.8 Å². The summed E-state index contributed by atoms with van der Waals surface area (Å²) in [6, 6.07) is 3.48. The molecule has 0 bridgehead atoms. The van der Waals surface area contributed by atoms with Crippen molar-refractivity contribution in [3.05, 3.63) is 23.8 Å². The van der Waals surface area contributed by atoms with Gasteiger partial charge < -0.3 is 4.57 Å². The van der Waals surface area contributed by atoms with Gasteiger partial charge in [0.1, 0.15) is 10.9 Å². The minimum absolute atomic E-state index is 0.188. The molecule has 0 N–H and O–H groups in total. The minimum Gasteiger partial charge on any atom is -0.303 e. The first-order valence-corrected chi connectivity index (χ1v) is 7.39. The number of fused-ring (bicyclic) bond motifs is 1. The largest absolute Gasteiger partial charge is 0.303 e. The molecule has 0 aliphatic heterocycles. The summed E-state index contributed by atoms with van der Waals surface area (Å²) in [5.41, 5.74) is 0.279. The molecular formula is C12H13F2N7S. The summed E-state index contributed by atoms with van der Waals surface area (Å²) in [6.07, 6.45) is -2.73. The van der Waals surface area contributed by atoms with Crippen LogP contribution in [-0.2, 0) is 0 Å². The van der Waals surface area contributed by atoms with E-state index in [0.717, 1.165) is 10.3 Å². The molecule has 0 amide bonds. The van der Waals surface area contributed by atoms with E-state index in [2.05, 4.69) is 25.5 Å². The highest BCUT2D eigenvalue weighted by atomic mass is 32.2. The topological polar surface area (TPSA) is 73.8 Å². The third kappa shape index (κ3) is 2.54. The first kappa shape index (κ1) is 14.8. The van der Waals surface area contributed by atoms with Crippen molar-refractivity contribution < 1.29 is 8.78 Å². The van der Waals surface area contributed by atoms with Crippen molar-refractivity contribution in [3.63, 3.8) is 0 Å². The summed E-state index contributed by atoms with van der Waals surface area (Å²) in [5, 5.41) is 20.6. The highest BCUT2D eigenvalue weighted by molar-refractivity contribution is 7.99. The zero-order valence-electron chi connectivity index (χ0n) is 12.1. The van der Waals surface area contributed by atoms with Gasteiger partial charge >= 0.3 is 0 Å². The number of halogens is 2. The third-order valence-electron chi connectivity index (χ3n) is 3.00. The fourth-order valence-corrected chi connectivity index (χ4v) is 3.06. The van der Waals surface area contributed by atoms with Crippen LogP contribution in [0.5, 0.6) is 0 Å². The Bertz CT molecular complexity index is 811. The van der Waals surface area contributed by atoms with Gasteiger partial charge in [0.05, 0.1) is 0 Å². The molecule has 0 saturated carbocycles. The Labute approximate surface area is 128 Å². The lowest BCUT2D eigenvalue weighted by atomic mass is 10.4. The SMILES string of the molecule is Cc1nnc(Sc2ccc3nnc(C(F)F)n3n2)n1C(C)C. The van der Waals surface area contributed by atoms with Gasteiger partial charge in [-0.2, -0.15) is 9.61 Å². The average molecular weight is 325 g/mol. The van der Waals surface area contributed by atoms with Gasteiger partial charge in [-0.1, -0.05) is 0 Å². The fourth-order valence-electron chi connectivity index (χ4n) is 2.09. The van der Waals surface area contributed by atoms with Gasteiger partial charge in [-0.15, -0.1) is 20.4 Å². The van der Waals surface area contributed by atoms with Gasteiger partial charge in [-0.25, -0.2) is 8.78 Å². The van der Waals surface area contributed by atoms with E-state index in [1.807, 2.05) is 25.3 Å². The molecule has 0 spiro atoms. The van der Waals surface area contributed by atoms with Crippen molar-refractivity contribution in [1.29, 1.82) is 0 Å². The molecule has 3 heterocycles. The molecule has 0 aliphatic carbocycles. The predicted octanol–water partition coefficient (Wildman–Crippen LogP) is 2.69. The van der Waals surface area contributed by atoms with Crippen molar-refractivity contribution in [1.82, 2.24) is 34.6 Å². The second-order valence-electron chi connectivity index (χ2n) is 4.90. The Morgan fingerprint density at radius 1 is 1.09 bits per heavy atom. The van der Waals surface area contributed by atoms with Crippen LogP contribution < -0.4 is 0 Å². The molecular weight excluding hydrogens is 312 g/mol. The Morgan fingerprint density at radius 2 is 1.86 bits per heavy atom. The summed E-state index contributed by atoms with van der Waals surface area (Å²) in [4.78, 5) is 0. The van der Waals surface area contributed by atoms with Crippen molar-refractivity contribution in [2.75, 3.05) is 0 Å². The third-order valence-corrected chi connectivity index (χ3v) is 3.89. The summed E-state index contributed by atoms with van der Waals surface area (Å²) in [6.45, 7) is 5.90. The molecule has 0 radical (unpaired) electrons. The molecule has 0 unspecified atom stereocenters. The van der Waals surface area contributed by atoms with E-state index in [1.54, 1.807) is 12.1 Å². The number of alkyl halides is 2. The molecule has 0 fully saturated rings. The van der Waals surface area contributed by atoms with Crippen LogP contribution in [0.3, 0.4) is 0 Å². The van der Waals surface area contributed by atoms with E-state index in [9.17, 15) is 8.78 Å². The van der Waals surface area contributed by atoms with Crippen molar-refractivity contribution in [2.24, 2.45) is 0 Å². The predicted molar refractivity (Wildman–Crippen MR) is 75.0 cm³/mol. The normalized spacial score (nSPS) is 12.0. The van der Waals surface area contributed by atoms with Gasteiger partial charge in [0.25, 0.3) is 6.43 Å². The molecule has 7 nitrogen and oxygen atoms in total. The Kier molecular flexibility index (Phi) is 3.77. The fraction of sp³-hybridized carbons (Fsp3) is 0.417. The lowest BCUT2D eigenvalue weighted by Gasteiger charge is -2.11. The highest BCUT2D eigenvalue weighted by Gasteiger charge is 2.18. The molecule has 22 heavy (non-hydrogen) atoms. The maximum atomic E-state index is 12.9. The first-order valence-electron chi connectivity index (χ1n) is 6.57. The summed E-state index contributed by atoms with van der Waals surface area (Å²) in [5.74, 6) is 0.315. The van der Waals surface area contributed by atoms with E-state index < -0.39 is 12.2 Å². The van der Waals surface area contributed by atoms with Gasteiger partial charge in [-0.3, -0.25) is 0 Å². The number of aryl methyl sites for hydroxylation is 1. The molecule has 116 valence electrons. The van der Waals surface area contributed by atoms with Crippen molar-refractivity contribution in [2.45, 2.75) is 43.4 Å². The summed E-state index contributed by atoms with van der Waals surface area (Å²) in [7, 11) is 0. The van der Waals surface area contributed by atoms with Crippen LogP contribution in [0.25, 0.3) is 5.65 Å². The zero-order valence-corrected chi connectivity index (χ0v) is 12.9. The van der Waals surface area contributed by atoms with Crippen LogP contribution >= 0.6 is 11.8 Å². The number of aromatic nitrogens is 7. The minimum atomic E-state index is -2.73. The molecule has 10 heteroatoms. The van der Waals surface area contributed by atoms with Gasteiger partial charge in [-0.05, 0) is 44.7 Å². The second-order valence-corrected chi connectivity index (χ2v) is 5.88. The molecule has 0 atom stereocenters. The summed E-state index contributed by atoms with van der Waals surface area (Å²) < 4.78 is 28.7. The van der Waals surface area contributed by atoms with Gasteiger partial charge in [0.2, 0.25) is 5.82 Å². The number of nitrogens with zero attached hydrogens (tertiary/aromatic N) is 7. The lowest BCUT2D eigenvalue weighted by Crippen LogP contribution is -2.05. The molecule has 3 aromatic rings. The van der Waals surface area contributed by atoms with E-state index in [4.69, 9.17) is 0 Å². The standard InChI is InChI=1S/C12H13F2N7S/c1-6(2)20-7(3)15-18-12(20)22-9-5-4-8-16-17-11(10(13)14)21(8)19-9/h4-6,10H,1-3H3. The second kappa shape index (κ2) is 5.59. The van der Waals surface area contributed by atoms with Crippen LogP contribution in [-0.4, -0.2) is 34.6 Å². The quantitative estimate of drug-likeness (QED) is 0.734. The van der Waals surface area contributed by atoms with Crippen LogP contribution in [0.1, 0.15) is 38.0 Å². The smallest absolute Gasteiger partial charge is 0.299 e. The van der Waals surface area contributed by atoms with E-state index in [0.29, 0.717) is 10.2 Å². The number of hydrogen-bond donors (Lipinski definition) is 0. The highest BCUT2D eigenvalue weighted by Crippen LogP contribution is 2.28. The molecule has 3 rings (SSSR count). The first-order chi connectivity index (χ1) is 10.5. The van der Waals surface area contributed by atoms with Gasteiger partial charge in [0, 0.05) is 6.04 Å². The van der Waals surface area contributed by atoms with Crippen LogP contribution in [0.2, 0.25) is 0 Å². The Hall–Kier alpha value is -2.10. The van der Waals surface area contributed by atoms with E-state index in [-0.39, 0.29) is 11.7 Å². The molecule has 3 aromatic heterocycles. The van der Waals surface area contributed by atoms with Crippen molar-refractivity contribution in [3.8, 4) is 0 Å². The summed E-state index contributed by atoms with van der Waals surface area (Å²) >= 11 is 1.26. The van der Waals surface area contributed by atoms with Crippen LogP contribution in [0.15, 0.2) is 22.3 Å². The van der Waals surface area contributed by atoms with Crippen LogP contribution in [0, 0.1) is 6.92 Å². The van der Waals surface area contributed by atoms with E-state index in [1.165, 1.54) is 11.8 Å². The number of rotatable bonds is 4. The maximum absolute atomic E-state index is 12.9. The average Bonchev–Trinajstić information content (AvgIpc) is 3.02. The van der Waals surface area contributed by atoms with Crippen molar-refractivity contribution >= 4 is 17.4 Å². The zero-order chi connectivity index (χ0) is 15.9. The van der Waals surface area contributed by atoms with E-state index >= 15 is 0 Å². The molecule has 0 aliphatic rings. The molecule has 0 saturated heterocycles. The maximum Gasteiger partial charge on any atom is 0.299 e. The molecule has 0 aromatic carbocycles.